The quantitative estimate of drug-likeness (QED) is 0.815. The highest BCUT2D eigenvalue weighted by Crippen LogP contribution is 2.61. The second-order valence-corrected chi connectivity index (χ2v) is 6.02. The van der Waals surface area contributed by atoms with Crippen molar-refractivity contribution in [1.82, 2.24) is 9.78 Å². The Morgan fingerprint density at radius 3 is 2.89 bits per heavy atom. The van der Waals surface area contributed by atoms with E-state index in [0.717, 1.165) is 12.5 Å². The van der Waals surface area contributed by atoms with Crippen LogP contribution in [0.4, 0.5) is 5.69 Å². The van der Waals surface area contributed by atoms with E-state index in [0.29, 0.717) is 17.6 Å². The molecule has 0 atom stereocenters. The molecular weight excluding hydrogens is 262 g/mol. The second-order valence-electron chi connectivity index (χ2n) is 5.64. The summed E-state index contributed by atoms with van der Waals surface area (Å²) in [7, 11) is 0. The van der Waals surface area contributed by atoms with E-state index in [2.05, 4.69) is 17.0 Å². The number of rotatable bonds is 6. The molecule has 2 fully saturated rings. The zero-order valence-corrected chi connectivity index (χ0v) is 11.6. The Balaban J connectivity index is 1.72. The summed E-state index contributed by atoms with van der Waals surface area (Å²) in [6.45, 7) is 4.88. The molecular formula is C14H18ClN3O. The Morgan fingerprint density at radius 2 is 2.32 bits per heavy atom. The summed E-state index contributed by atoms with van der Waals surface area (Å²) in [5, 5.41) is 7.64. The minimum absolute atomic E-state index is 0.225. The van der Waals surface area contributed by atoms with Crippen molar-refractivity contribution in [3.05, 3.63) is 34.2 Å². The van der Waals surface area contributed by atoms with Crippen LogP contribution in [0.1, 0.15) is 25.7 Å². The second kappa shape index (κ2) is 4.67. The van der Waals surface area contributed by atoms with Crippen molar-refractivity contribution >= 4 is 17.3 Å². The Hall–Kier alpha value is -1.29. The predicted octanol–water partition coefficient (Wildman–Crippen LogP) is 2.68. The Labute approximate surface area is 117 Å². The van der Waals surface area contributed by atoms with E-state index in [9.17, 15) is 4.79 Å². The molecule has 2 aliphatic carbocycles. The van der Waals surface area contributed by atoms with E-state index < -0.39 is 0 Å². The van der Waals surface area contributed by atoms with E-state index >= 15 is 0 Å². The average molecular weight is 280 g/mol. The molecule has 1 aromatic heterocycles. The summed E-state index contributed by atoms with van der Waals surface area (Å²) >= 11 is 6.11. The molecule has 0 unspecified atom stereocenters. The van der Waals surface area contributed by atoms with Crippen molar-refractivity contribution in [3.8, 4) is 0 Å². The van der Waals surface area contributed by atoms with Crippen LogP contribution in [0.25, 0.3) is 0 Å². The van der Waals surface area contributed by atoms with Crippen molar-refractivity contribution in [1.29, 1.82) is 0 Å². The molecule has 0 aromatic carbocycles. The zero-order chi connectivity index (χ0) is 13.5. The maximum absolute atomic E-state index is 11.9. The molecule has 0 spiro atoms. The lowest BCUT2D eigenvalue weighted by atomic mass is 10.0. The number of anilines is 1. The molecule has 19 heavy (non-hydrogen) atoms. The summed E-state index contributed by atoms with van der Waals surface area (Å²) in [5.74, 6) is 0.882. The van der Waals surface area contributed by atoms with Gasteiger partial charge in [-0.2, -0.15) is 5.10 Å². The van der Waals surface area contributed by atoms with Crippen LogP contribution in [-0.4, -0.2) is 16.3 Å². The molecule has 102 valence electrons. The Bertz CT molecular complexity index is 558. The number of nitrogens with zero attached hydrogens (tertiary/aromatic N) is 2. The first-order chi connectivity index (χ1) is 9.16. The van der Waals surface area contributed by atoms with Gasteiger partial charge in [-0.15, -0.1) is 6.58 Å². The summed E-state index contributed by atoms with van der Waals surface area (Å²) in [4.78, 5) is 11.9. The Morgan fingerprint density at radius 1 is 1.58 bits per heavy atom. The number of halogens is 1. The van der Waals surface area contributed by atoms with Crippen molar-refractivity contribution < 1.29 is 0 Å². The number of hydrogen-bond donors (Lipinski definition) is 1. The van der Waals surface area contributed by atoms with Gasteiger partial charge in [-0.05, 0) is 37.0 Å². The highest BCUT2D eigenvalue weighted by atomic mass is 35.5. The van der Waals surface area contributed by atoms with E-state index in [1.165, 1.54) is 30.4 Å². The molecule has 4 nitrogen and oxygen atoms in total. The smallest absolute Gasteiger partial charge is 0.287 e. The maximum atomic E-state index is 11.9. The average Bonchev–Trinajstić information content (AvgIpc) is 3.27. The summed E-state index contributed by atoms with van der Waals surface area (Å²) in [6, 6.07) is 0. The number of nitrogens with one attached hydrogen (secondary N) is 1. The van der Waals surface area contributed by atoms with Gasteiger partial charge >= 0.3 is 0 Å². The first-order valence-electron chi connectivity index (χ1n) is 6.77. The van der Waals surface area contributed by atoms with Gasteiger partial charge in [-0.25, -0.2) is 4.68 Å². The fourth-order valence-corrected chi connectivity index (χ4v) is 2.91. The first-order valence-corrected chi connectivity index (χ1v) is 7.14. The minimum Gasteiger partial charge on any atom is -0.382 e. The molecule has 5 heteroatoms. The lowest BCUT2D eigenvalue weighted by molar-refractivity contribution is 0.466. The van der Waals surface area contributed by atoms with Crippen molar-refractivity contribution in [2.45, 2.75) is 32.2 Å². The zero-order valence-electron chi connectivity index (χ0n) is 10.9. The van der Waals surface area contributed by atoms with Crippen LogP contribution in [0.5, 0.6) is 0 Å². The SMILES string of the molecule is C=CCn1ncc(NCC2(C3CC3)CC2)c(Cl)c1=O. The van der Waals surface area contributed by atoms with Gasteiger partial charge in [0.25, 0.3) is 5.56 Å². The molecule has 0 aliphatic heterocycles. The normalized spacial score (nSPS) is 20.1. The lowest BCUT2D eigenvalue weighted by Gasteiger charge is -2.16. The molecule has 0 amide bonds. The molecule has 1 heterocycles. The highest BCUT2D eigenvalue weighted by Gasteiger charge is 2.53. The van der Waals surface area contributed by atoms with Crippen LogP contribution in [0.2, 0.25) is 5.02 Å². The van der Waals surface area contributed by atoms with Gasteiger partial charge in [0.1, 0.15) is 5.02 Å². The number of hydrogen-bond acceptors (Lipinski definition) is 3. The molecule has 1 N–H and O–H groups in total. The fraction of sp³-hybridized carbons (Fsp3) is 0.571. The lowest BCUT2D eigenvalue weighted by Crippen LogP contribution is -2.25. The minimum atomic E-state index is -0.261. The van der Waals surface area contributed by atoms with Crippen molar-refractivity contribution in [2.75, 3.05) is 11.9 Å². The summed E-state index contributed by atoms with van der Waals surface area (Å²) < 4.78 is 1.31. The largest absolute Gasteiger partial charge is 0.382 e. The number of aromatic nitrogens is 2. The highest BCUT2D eigenvalue weighted by molar-refractivity contribution is 6.32. The third-order valence-electron chi connectivity index (χ3n) is 4.25. The molecule has 1 aromatic rings. The van der Waals surface area contributed by atoms with Crippen molar-refractivity contribution in [2.24, 2.45) is 11.3 Å². The van der Waals surface area contributed by atoms with Gasteiger partial charge in [-0.3, -0.25) is 4.79 Å². The topological polar surface area (TPSA) is 46.9 Å². The maximum Gasteiger partial charge on any atom is 0.287 e. The monoisotopic (exact) mass is 279 g/mol. The standard InChI is InChI=1S/C14H18ClN3O/c1-2-7-18-13(19)12(15)11(8-17-18)16-9-14(5-6-14)10-3-4-10/h2,8,10,16H,1,3-7,9H2. The van der Waals surface area contributed by atoms with E-state index in [4.69, 9.17) is 11.6 Å². The number of allylic oxidation sites excluding steroid dienone is 1. The van der Waals surface area contributed by atoms with Gasteiger partial charge in [0.05, 0.1) is 18.4 Å². The molecule has 2 saturated carbocycles. The van der Waals surface area contributed by atoms with Gasteiger partial charge in [0.2, 0.25) is 0 Å². The van der Waals surface area contributed by atoms with Crippen LogP contribution in [0, 0.1) is 11.3 Å². The van der Waals surface area contributed by atoms with E-state index in [1.807, 2.05) is 0 Å². The van der Waals surface area contributed by atoms with Crippen LogP contribution in [0.3, 0.4) is 0 Å². The van der Waals surface area contributed by atoms with Crippen LogP contribution in [-0.2, 0) is 6.54 Å². The van der Waals surface area contributed by atoms with Crippen LogP contribution >= 0.6 is 11.6 Å². The molecule has 0 radical (unpaired) electrons. The van der Waals surface area contributed by atoms with Gasteiger partial charge < -0.3 is 5.32 Å². The molecule has 2 aliphatic rings. The molecule has 0 bridgehead atoms. The van der Waals surface area contributed by atoms with Gasteiger partial charge in [0, 0.05) is 6.54 Å². The first kappa shape index (κ1) is 12.7. The van der Waals surface area contributed by atoms with Gasteiger partial charge in [-0.1, -0.05) is 17.7 Å². The van der Waals surface area contributed by atoms with Crippen LogP contribution in [0.15, 0.2) is 23.6 Å². The third-order valence-corrected chi connectivity index (χ3v) is 4.62. The molecule has 3 rings (SSSR count). The van der Waals surface area contributed by atoms with Crippen LogP contribution < -0.4 is 10.9 Å². The van der Waals surface area contributed by atoms with Gasteiger partial charge in [0.15, 0.2) is 0 Å². The molecule has 0 saturated heterocycles. The van der Waals surface area contributed by atoms with E-state index in [1.54, 1.807) is 12.3 Å². The van der Waals surface area contributed by atoms with Crippen molar-refractivity contribution in [3.63, 3.8) is 0 Å². The Kier molecular flexibility index (Phi) is 3.13. The summed E-state index contributed by atoms with van der Waals surface area (Å²) in [6.07, 6.45) is 8.57. The fourth-order valence-electron chi connectivity index (χ4n) is 2.70. The van der Waals surface area contributed by atoms with E-state index in [-0.39, 0.29) is 10.6 Å². The third kappa shape index (κ3) is 2.41. The summed E-state index contributed by atoms with van der Waals surface area (Å²) in [5.41, 5.74) is 0.862. The predicted molar refractivity (Wildman–Crippen MR) is 76.6 cm³/mol.